The highest BCUT2D eigenvalue weighted by atomic mass is 32.2. The second kappa shape index (κ2) is 10.1. The van der Waals surface area contributed by atoms with Crippen molar-refractivity contribution in [3.8, 4) is 5.75 Å². The highest BCUT2D eigenvalue weighted by Gasteiger charge is 2.28. The van der Waals surface area contributed by atoms with Gasteiger partial charge < -0.3 is 15.4 Å². The number of methoxy groups -OCH3 is 1. The smallest absolute Gasteiger partial charge is 0.251 e. The lowest BCUT2D eigenvalue weighted by Gasteiger charge is -2.31. The van der Waals surface area contributed by atoms with Gasteiger partial charge in [-0.15, -0.1) is 0 Å². The van der Waals surface area contributed by atoms with Crippen LogP contribution in [0.1, 0.15) is 37.0 Å². The lowest BCUT2D eigenvalue weighted by molar-refractivity contribution is -0.124. The first-order valence-electron chi connectivity index (χ1n) is 9.79. The summed E-state index contributed by atoms with van der Waals surface area (Å²) in [5.74, 6) is 0.253. The monoisotopic (exact) mass is 425 g/mol. The molecule has 1 atom stereocenters. The second-order valence-corrected chi connectivity index (χ2v) is 9.76. The van der Waals surface area contributed by atoms with Crippen molar-refractivity contribution in [2.24, 2.45) is 11.8 Å². The number of benzene rings is 1. The van der Waals surface area contributed by atoms with Crippen molar-refractivity contribution in [3.05, 3.63) is 29.8 Å². The molecule has 2 N–H and O–H groups in total. The van der Waals surface area contributed by atoms with Crippen LogP contribution in [-0.2, 0) is 14.8 Å². The molecule has 0 bridgehead atoms. The Morgan fingerprint density at radius 1 is 1.17 bits per heavy atom. The maximum Gasteiger partial charge on any atom is 0.251 e. The summed E-state index contributed by atoms with van der Waals surface area (Å²) in [4.78, 5) is 25.2. The van der Waals surface area contributed by atoms with Gasteiger partial charge in [0.1, 0.15) is 11.8 Å². The highest BCUT2D eigenvalue weighted by Crippen LogP contribution is 2.18. The molecule has 1 unspecified atom stereocenters. The molecule has 0 saturated carbocycles. The molecule has 1 aromatic rings. The Hall–Kier alpha value is -2.13. The number of sulfonamides is 1. The van der Waals surface area contributed by atoms with E-state index < -0.39 is 16.1 Å². The summed E-state index contributed by atoms with van der Waals surface area (Å²) in [6.07, 6.45) is 2.63. The minimum Gasteiger partial charge on any atom is -0.497 e. The standard InChI is InChI=1S/C20H31N3O5S/c1-14(2)18(22-19(24)16-5-7-17(28-3)8-6-16)20(25)21-13-15-9-11-23(12-10-15)29(4,26)27/h5-8,14-15,18H,9-13H2,1-4H3,(H,21,25)(H,22,24). The van der Waals surface area contributed by atoms with Gasteiger partial charge in [-0.2, -0.15) is 0 Å². The first kappa shape index (κ1) is 23.2. The van der Waals surface area contributed by atoms with Gasteiger partial charge in [-0.1, -0.05) is 13.8 Å². The summed E-state index contributed by atoms with van der Waals surface area (Å²) in [5.41, 5.74) is 0.456. The van der Waals surface area contributed by atoms with E-state index in [-0.39, 0.29) is 23.7 Å². The molecule has 9 heteroatoms. The van der Waals surface area contributed by atoms with Crippen LogP contribution in [0.5, 0.6) is 5.75 Å². The normalized spacial score (nSPS) is 17.0. The van der Waals surface area contributed by atoms with E-state index in [2.05, 4.69) is 10.6 Å². The molecule has 0 spiro atoms. The zero-order valence-corrected chi connectivity index (χ0v) is 18.3. The van der Waals surface area contributed by atoms with Crippen molar-refractivity contribution in [1.29, 1.82) is 0 Å². The van der Waals surface area contributed by atoms with E-state index in [1.165, 1.54) is 10.6 Å². The Morgan fingerprint density at radius 2 is 1.76 bits per heavy atom. The number of amides is 2. The number of carbonyl (C=O) groups excluding carboxylic acids is 2. The third-order valence-corrected chi connectivity index (χ3v) is 6.50. The van der Waals surface area contributed by atoms with Crippen LogP contribution in [0.25, 0.3) is 0 Å². The van der Waals surface area contributed by atoms with Crippen LogP contribution in [-0.4, -0.2) is 63.6 Å². The number of hydrogen-bond donors (Lipinski definition) is 2. The number of piperidine rings is 1. The second-order valence-electron chi connectivity index (χ2n) is 7.77. The van der Waals surface area contributed by atoms with Gasteiger partial charge in [0, 0.05) is 25.2 Å². The molecule has 0 radical (unpaired) electrons. The van der Waals surface area contributed by atoms with Crippen molar-refractivity contribution in [3.63, 3.8) is 0 Å². The zero-order chi connectivity index (χ0) is 21.6. The van der Waals surface area contributed by atoms with Crippen LogP contribution >= 0.6 is 0 Å². The van der Waals surface area contributed by atoms with E-state index in [1.807, 2.05) is 13.8 Å². The number of nitrogens with one attached hydrogen (secondary N) is 2. The van der Waals surface area contributed by atoms with Gasteiger partial charge >= 0.3 is 0 Å². The number of hydrogen-bond acceptors (Lipinski definition) is 5. The lowest BCUT2D eigenvalue weighted by atomic mass is 9.97. The Kier molecular flexibility index (Phi) is 8.04. The predicted octanol–water partition coefficient (Wildman–Crippen LogP) is 1.24. The summed E-state index contributed by atoms with van der Waals surface area (Å²) < 4.78 is 29.7. The molecule has 1 aliphatic heterocycles. The van der Waals surface area contributed by atoms with Gasteiger partial charge in [0.2, 0.25) is 15.9 Å². The first-order chi connectivity index (χ1) is 13.6. The lowest BCUT2D eigenvalue weighted by Crippen LogP contribution is -2.51. The molecule has 1 fully saturated rings. The average Bonchev–Trinajstić information content (AvgIpc) is 2.69. The molecule has 2 rings (SSSR count). The first-order valence-corrected chi connectivity index (χ1v) is 11.6. The van der Waals surface area contributed by atoms with Crippen molar-refractivity contribution in [2.75, 3.05) is 33.0 Å². The maximum atomic E-state index is 12.7. The molecule has 162 valence electrons. The van der Waals surface area contributed by atoms with Crippen molar-refractivity contribution in [1.82, 2.24) is 14.9 Å². The third kappa shape index (κ3) is 6.71. The molecule has 29 heavy (non-hydrogen) atoms. The van der Waals surface area contributed by atoms with Crippen molar-refractivity contribution < 1.29 is 22.7 Å². The number of rotatable bonds is 8. The molecule has 1 heterocycles. The Bertz CT molecular complexity index is 800. The van der Waals surface area contributed by atoms with Crippen LogP contribution < -0.4 is 15.4 Å². The SMILES string of the molecule is COc1ccc(C(=O)NC(C(=O)NCC2CCN(S(C)(=O)=O)CC2)C(C)C)cc1. The Balaban J connectivity index is 1.88. The molecule has 2 amide bonds. The van der Waals surface area contributed by atoms with Gasteiger partial charge in [-0.3, -0.25) is 9.59 Å². The quantitative estimate of drug-likeness (QED) is 0.652. The number of ether oxygens (including phenoxy) is 1. The fourth-order valence-corrected chi connectivity index (χ4v) is 4.18. The van der Waals surface area contributed by atoms with Crippen LogP contribution in [0.3, 0.4) is 0 Å². The van der Waals surface area contributed by atoms with Crippen LogP contribution in [0, 0.1) is 11.8 Å². The summed E-state index contributed by atoms with van der Waals surface area (Å²) in [7, 11) is -1.60. The van der Waals surface area contributed by atoms with Crippen LogP contribution in [0.15, 0.2) is 24.3 Å². The molecule has 1 aliphatic rings. The van der Waals surface area contributed by atoms with Gasteiger partial charge in [0.25, 0.3) is 5.91 Å². The minimum absolute atomic E-state index is 0.0794. The number of carbonyl (C=O) groups is 2. The van der Waals surface area contributed by atoms with E-state index in [9.17, 15) is 18.0 Å². The zero-order valence-electron chi connectivity index (χ0n) is 17.5. The van der Waals surface area contributed by atoms with Gasteiger partial charge in [-0.25, -0.2) is 12.7 Å². The summed E-state index contributed by atoms with van der Waals surface area (Å²) in [5, 5.41) is 5.73. The topological polar surface area (TPSA) is 105 Å². The van der Waals surface area contributed by atoms with E-state index >= 15 is 0 Å². The van der Waals surface area contributed by atoms with Gasteiger partial charge in [-0.05, 0) is 48.9 Å². The van der Waals surface area contributed by atoms with Crippen molar-refractivity contribution in [2.45, 2.75) is 32.7 Å². The molecule has 8 nitrogen and oxygen atoms in total. The highest BCUT2D eigenvalue weighted by molar-refractivity contribution is 7.88. The largest absolute Gasteiger partial charge is 0.497 e. The van der Waals surface area contributed by atoms with Crippen LogP contribution in [0.2, 0.25) is 0 Å². The fourth-order valence-electron chi connectivity index (χ4n) is 3.30. The Morgan fingerprint density at radius 3 is 2.24 bits per heavy atom. The summed E-state index contributed by atoms with van der Waals surface area (Å²) in [6, 6.07) is 6.04. The van der Waals surface area contributed by atoms with E-state index in [1.54, 1.807) is 31.4 Å². The van der Waals surface area contributed by atoms with Gasteiger partial charge in [0.15, 0.2) is 0 Å². The predicted molar refractivity (Wildman–Crippen MR) is 111 cm³/mol. The summed E-state index contributed by atoms with van der Waals surface area (Å²) in [6.45, 7) is 5.17. The van der Waals surface area contributed by atoms with Crippen LogP contribution in [0.4, 0.5) is 0 Å². The fraction of sp³-hybridized carbons (Fsp3) is 0.600. The van der Waals surface area contributed by atoms with E-state index in [0.29, 0.717) is 43.8 Å². The molecule has 1 saturated heterocycles. The third-order valence-electron chi connectivity index (χ3n) is 5.20. The number of nitrogens with zero attached hydrogens (tertiary/aromatic N) is 1. The van der Waals surface area contributed by atoms with E-state index in [4.69, 9.17) is 4.74 Å². The molecule has 0 aliphatic carbocycles. The van der Waals surface area contributed by atoms with Crippen molar-refractivity contribution >= 4 is 21.8 Å². The van der Waals surface area contributed by atoms with Gasteiger partial charge in [0.05, 0.1) is 13.4 Å². The molecule has 1 aromatic carbocycles. The minimum atomic E-state index is -3.16. The molecular weight excluding hydrogens is 394 g/mol. The summed E-state index contributed by atoms with van der Waals surface area (Å²) >= 11 is 0. The average molecular weight is 426 g/mol. The molecule has 0 aromatic heterocycles. The maximum absolute atomic E-state index is 12.7. The molecular formula is C20H31N3O5S. The van der Waals surface area contributed by atoms with E-state index in [0.717, 1.165) is 0 Å². The Labute approximate surface area is 173 Å².